The first-order valence-electron chi connectivity index (χ1n) is 12.2. The molecule has 0 spiro atoms. The van der Waals surface area contributed by atoms with Gasteiger partial charge in [-0.15, -0.1) is 0 Å². The van der Waals surface area contributed by atoms with Crippen LogP contribution in [0.3, 0.4) is 0 Å². The van der Waals surface area contributed by atoms with Crippen LogP contribution in [0.15, 0.2) is 54.7 Å². The number of aromatic nitrogens is 2. The summed E-state index contributed by atoms with van der Waals surface area (Å²) in [5, 5.41) is 9.71. The maximum atomic E-state index is 9.71. The van der Waals surface area contributed by atoms with Gasteiger partial charge in [-0.3, -0.25) is 4.90 Å². The average molecular weight is 455 g/mol. The van der Waals surface area contributed by atoms with Crippen molar-refractivity contribution < 1.29 is 9.47 Å². The van der Waals surface area contributed by atoms with Crippen LogP contribution < -0.4 is 4.74 Å². The first-order chi connectivity index (χ1) is 16.8. The molecule has 0 saturated carbocycles. The minimum absolute atomic E-state index is 0.0959. The molecule has 0 bridgehead atoms. The van der Waals surface area contributed by atoms with E-state index in [1.165, 1.54) is 37.1 Å². The monoisotopic (exact) mass is 454 g/mol. The van der Waals surface area contributed by atoms with Gasteiger partial charge in [-0.05, 0) is 61.3 Å². The number of hydrogen-bond donors (Lipinski definition) is 0. The number of nitrogens with zero attached hydrogens (tertiary/aromatic N) is 4. The molecule has 0 N–H and O–H groups in total. The van der Waals surface area contributed by atoms with Crippen molar-refractivity contribution >= 4 is 0 Å². The summed E-state index contributed by atoms with van der Waals surface area (Å²) in [5.41, 5.74) is 4.79. The van der Waals surface area contributed by atoms with Gasteiger partial charge in [0, 0.05) is 37.6 Å². The molecule has 3 aromatic rings. The summed E-state index contributed by atoms with van der Waals surface area (Å²) in [6.45, 7) is 4.80. The number of rotatable bonds is 7. The Morgan fingerprint density at radius 3 is 2.68 bits per heavy atom. The fraction of sp³-hybridized carbons (Fsp3) is 0.393. The Labute approximate surface area is 201 Å². The standard InChI is InChI=1S/C28H30N4O2/c29-19-24-18-23(6-7-27(24)34-25-9-14-33-15-10-25)26-8-11-30-28(31-26)17-21-4-3-5-22(16-21)20-32-12-1-2-13-32/h3-8,11,16,18,25H,1-2,9-10,12-15,17,20H2. The van der Waals surface area contributed by atoms with Gasteiger partial charge in [-0.1, -0.05) is 24.3 Å². The van der Waals surface area contributed by atoms with Gasteiger partial charge >= 0.3 is 0 Å². The maximum absolute atomic E-state index is 9.71. The van der Waals surface area contributed by atoms with Gasteiger partial charge < -0.3 is 9.47 Å². The lowest BCUT2D eigenvalue weighted by molar-refractivity contribution is 0.0254. The molecular weight excluding hydrogens is 424 g/mol. The molecule has 6 nitrogen and oxygen atoms in total. The van der Waals surface area contributed by atoms with E-state index < -0.39 is 0 Å². The van der Waals surface area contributed by atoms with Crippen molar-refractivity contribution in [2.45, 2.75) is 44.8 Å². The fourth-order valence-electron chi connectivity index (χ4n) is 4.72. The van der Waals surface area contributed by atoms with Gasteiger partial charge in [0.25, 0.3) is 0 Å². The molecule has 6 heteroatoms. The van der Waals surface area contributed by atoms with Crippen LogP contribution >= 0.6 is 0 Å². The van der Waals surface area contributed by atoms with E-state index in [1.807, 2.05) is 24.3 Å². The molecule has 2 aliphatic rings. The summed E-state index contributed by atoms with van der Waals surface area (Å²) in [6, 6.07) is 18.6. The molecular formula is C28H30N4O2. The van der Waals surface area contributed by atoms with Crippen molar-refractivity contribution in [3.05, 3.63) is 77.2 Å². The SMILES string of the molecule is N#Cc1cc(-c2ccnc(Cc3cccc(CN4CCCC4)c3)n2)ccc1OC1CCOCC1. The zero-order chi connectivity index (χ0) is 23.2. The quantitative estimate of drug-likeness (QED) is 0.513. The van der Waals surface area contributed by atoms with Gasteiger partial charge in [0.2, 0.25) is 0 Å². The molecule has 5 rings (SSSR count). The van der Waals surface area contributed by atoms with Gasteiger partial charge in [-0.2, -0.15) is 5.26 Å². The number of likely N-dealkylation sites (tertiary alicyclic amines) is 1. The molecule has 34 heavy (non-hydrogen) atoms. The molecule has 2 aromatic carbocycles. The maximum Gasteiger partial charge on any atom is 0.137 e. The predicted octanol–water partition coefficient (Wildman–Crippen LogP) is 4.76. The van der Waals surface area contributed by atoms with Gasteiger partial charge in [0.05, 0.1) is 24.5 Å². The van der Waals surface area contributed by atoms with Crippen molar-refractivity contribution in [2.75, 3.05) is 26.3 Å². The van der Waals surface area contributed by atoms with Crippen LogP contribution in [0.5, 0.6) is 5.75 Å². The third-order valence-corrected chi connectivity index (χ3v) is 6.52. The second-order valence-corrected chi connectivity index (χ2v) is 9.09. The van der Waals surface area contributed by atoms with Crippen LogP contribution in [0, 0.1) is 11.3 Å². The first kappa shape index (κ1) is 22.5. The van der Waals surface area contributed by atoms with Crippen molar-refractivity contribution in [3.63, 3.8) is 0 Å². The smallest absolute Gasteiger partial charge is 0.137 e. The molecule has 2 aliphatic heterocycles. The molecule has 0 amide bonds. The fourth-order valence-corrected chi connectivity index (χ4v) is 4.72. The lowest BCUT2D eigenvalue weighted by Crippen LogP contribution is -2.26. The molecule has 2 saturated heterocycles. The number of benzene rings is 2. The minimum Gasteiger partial charge on any atom is -0.489 e. The highest BCUT2D eigenvalue weighted by Gasteiger charge is 2.18. The van der Waals surface area contributed by atoms with E-state index in [9.17, 15) is 5.26 Å². The predicted molar refractivity (Wildman–Crippen MR) is 130 cm³/mol. The number of hydrogen-bond acceptors (Lipinski definition) is 6. The third kappa shape index (κ3) is 5.61. The topological polar surface area (TPSA) is 71.3 Å². The zero-order valence-electron chi connectivity index (χ0n) is 19.4. The first-order valence-corrected chi connectivity index (χ1v) is 12.2. The molecule has 0 atom stereocenters. The van der Waals surface area contributed by atoms with E-state index in [0.29, 0.717) is 30.9 Å². The van der Waals surface area contributed by atoms with Gasteiger partial charge in [0.15, 0.2) is 0 Å². The normalized spacial score (nSPS) is 16.9. The second-order valence-electron chi connectivity index (χ2n) is 9.09. The molecule has 1 aromatic heterocycles. The average Bonchev–Trinajstić information content (AvgIpc) is 3.38. The molecule has 0 unspecified atom stereocenters. The van der Waals surface area contributed by atoms with Crippen LogP contribution in [0.2, 0.25) is 0 Å². The summed E-state index contributed by atoms with van der Waals surface area (Å²) in [6.07, 6.45) is 6.87. The van der Waals surface area contributed by atoms with Crippen LogP contribution in [0.25, 0.3) is 11.3 Å². The molecule has 174 valence electrons. The van der Waals surface area contributed by atoms with Gasteiger partial charge in [0.1, 0.15) is 23.7 Å². The Kier molecular flexibility index (Phi) is 7.13. The molecule has 2 fully saturated rings. The highest BCUT2D eigenvalue weighted by molar-refractivity contribution is 5.64. The Bertz CT molecular complexity index is 1160. The number of nitriles is 1. The highest BCUT2D eigenvalue weighted by Crippen LogP contribution is 2.28. The highest BCUT2D eigenvalue weighted by atomic mass is 16.5. The van der Waals surface area contributed by atoms with Crippen LogP contribution in [-0.4, -0.2) is 47.3 Å². The summed E-state index contributed by atoms with van der Waals surface area (Å²) in [7, 11) is 0. The van der Waals surface area contributed by atoms with Crippen molar-refractivity contribution in [1.82, 2.24) is 14.9 Å². The molecule has 0 radical (unpaired) electrons. The largest absolute Gasteiger partial charge is 0.489 e. The van der Waals surface area contributed by atoms with Crippen molar-refractivity contribution in [1.29, 1.82) is 5.26 Å². The van der Waals surface area contributed by atoms with Crippen LogP contribution in [0.4, 0.5) is 0 Å². The van der Waals surface area contributed by atoms with E-state index in [-0.39, 0.29) is 6.10 Å². The van der Waals surface area contributed by atoms with Crippen LogP contribution in [0.1, 0.15) is 48.2 Å². The van der Waals surface area contributed by atoms with E-state index in [0.717, 1.165) is 36.5 Å². The number of ether oxygens (including phenoxy) is 2. The zero-order valence-corrected chi connectivity index (χ0v) is 19.4. The van der Waals surface area contributed by atoms with E-state index >= 15 is 0 Å². The Morgan fingerprint density at radius 2 is 1.85 bits per heavy atom. The lowest BCUT2D eigenvalue weighted by atomic mass is 10.1. The second kappa shape index (κ2) is 10.8. The third-order valence-electron chi connectivity index (χ3n) is 6.52. The summed E-state index contributed by atoms with van der Waals surface area (Å²) >= 11 is 0. The van der Waals surface area contributed by atoms with Gasteiger partial charge in [-0.25, -0.2) is 9.97 Å². The Balaban J connectivity index is 1.30. The van der Waals surface area contributed by atoms with E-state index in [1.54, 1.807) is 6.20 Å². The van der Waals surface area contributed by atoms with E-state index in [4.69, 9.17) is 14.5 Å². The summed E-state index contributed by atoms with van der Waals surface area (Å²) in [4.78, 5) is 11.8. The summed E-state index contributed by atoms with van der Waals surface area (Å²) in [5.74, 6) is 1.40. The summed E-state index contributed by atoms with van der Waals surface area (Å²) < 4.78 is 11.5. The van der Waals surface area contributed by atoms with E-state index in [2.05, 4.69) is 40.2 Å². The lowest BCUT2D eigenvalue weighted by Gasteiger charge is -2.23. The minimum atomic E-state index is 0.0959. The Morgan fingerprint density at radius 1 is 1.03 bits per heavy atom. The Hall–Kier alpha value is -3.27. The molecule has 0 aliphatic carbocycles. The van der Waals surface area contributed by atoms with Crippen LogP contribution in [-0.2, 0) is 17.7 Å². The van der Waals surface area contributed by atoms with Crippen molar-refractivity contribution in [2.24, 2.45) is 0 Å². The van der Waals surface area contributed by atoms with Crippen molar-refractivity contribution in [3.8, 4) is 23.1 Å². The molecule has 3 heterocycles.